The zero-order valence-electron chi connectivity index (χ0n) is 21.7. The van der Waals surface area contributed by atoms with E-state index in [4.69, 9.17) is 4.74 Å². The van der Waals surface area contributed by atoms with Gasteiger partial charge in [0, 0.05) is 6.54 Å². The van der Waals surface area contributed by atoms with Gasteiger partial charge in [0.2, 0.25) is 34.8 Å². The molecule has 1 saturated heterocycles. The Balaban J connectivity index is 1.47. The fraction of sp³-hybridized carbons (Fsp3) is 0.429. The Labute approximate surface area is 228 Å². The molecule has 0 aliphatic carbocycles. The van der Waals surface area contributed by atoms with Gasteiger partial charge in [0.1, 0.15) is 5.01 Å². The molecule has 4 rings (SSSR count). The van der Waals surface area contributed by atoms with Gasteiger partial charge in [-0.3, -0.25) is 4.90 Å². The fourth-order valence-electron chi connectivity index (χ4n) is 4.47. The van der Waals surface area contributed by atoms with Gasteiger partial charge in [-0.05, 0) is 56.2 Å². The van der Waals surface area contributed by atoms with Gasteiger partial charge in [0.05, 0.1) is 6.54 Å². The number of halogens is 5. The fourth-order valence-corrected chi connectivity index (χ4v) is 5.43. The Bertz CT molecular complexity index is 1270. The molecule has 210 valence electrons. The maximum Gasteiger partial charge on any atom is 0.357 e. The maximum absolute atomic E-state index is 14.1. The Hall–Kier alpha value is -3.05. The summed E-state index contributed by atoms with van der Waals surface area (Å²) in [6.45, 7) is 6.66. The van der Waals surface area contributed by atoms with Gasteiger partial charge >= 0.3 is 5.97 Å². The highest BCUT2D eigenvalue weighted by atomic mass is 32.1. The van der Waals surface area contributed by atoms with Crippen LogP contribution in [-0.2, 0) is 13.0 Å². The molecule has 0 amide bonds. The second-order valence-corrected chi connectivity index (χ2v) is 11.2. The minimum atomic E-state index is -2.33. The number of benzene rings is 2. The molecule has 0 atom stereocenters. The van der Waals surface area contributed by atoms with Gasteiger partial charge in [0.15, 0.2) is 10.7 Å². The van der Waals surface area contributed by atoms with Crippen LogP contribution in [-0.4, -0.2) is 35.5 Å². The number of carbonyl (C=O) groups is 1. The van der Waals surface area contributed by atoms with E-state index in [-0.39, 0.29) is 10.7 Å². The third-order valence-corrected chi connectivity index (χ3v) is 7.69. The summed E-state index contributed by atoms with van der Waals surface area (Å²) >= 11 is 0.970. The van der Waals surface area contributed by atoms with Gasteiger partial charge in [-0.25, -0.2) is 22.9 Å². The number of anilines is 1. The van der Waals surface area contributed by atoms with E-state index in [0.29, 0.717) is 29.9 Å². The number of carbonyl (C=O) groups excluding carboxylic acids is 1. The van der Waals surface area contributed by atoms with E-state index >= 15 is 0 Å². The predicted molar refractivity (Wildman–Crippen MR) is 139 cm³/mol. The molecule has 2 aromatic carbocycles. The number of aromatic nitrogens is 1. The molecule has 1 aliphatic rings. The monoisotopic (exact) mass is 567 g/mol. The van der Waals surface area contributed by atoms with Crippen molar-refractivity contribution in [1.82, 2.24) is 9.88 Å². The van der Waals surface area contributed by atoms with E-state index in [1.807, 2.05) is 32.0 Å². The van der Waals surface area contributed by atoms with Crippen molar-refractivity contribution >= 4 is 23.1 Å². The van der Waals surface area contributed by atoms with Crippen molar-refractivity contribution in [3.63, 3.8) is 0 Å². The third kappa shape index (κ3) is 7.13. The zero-order chi connectivity index (χ0) is 28.1. The van der Waals surface area contributed by atoms with E-state index in [0.717, 1.165) is 50.1 Å². The summed E-state index contributed by atoms with van der Waals surface area (Å²) in [5.74, 6) is -12.9. The van der Waals surface area contributed by atoms with Crippen LogP contribution in [0.25, 0.3) is 0 Å². The lowest BCUT2D eigenvalue weighted by atomic mass is 9.90. The van der Waals surface area contributed by atoms with Crippen LogP contribution in [0.15, 0.2) is 30.3 Å². The summed E-state index contributed by atoms with van der Waals surface area (Å²) in [7, 11) is 0. The van der Waals surface area contributed by atoms with Crippen LogP contribution in [0.3, 0.4) is 0 Å². The highest BCUT2D eigenvalue weighted by Gasteiger charge is 2.31. The summed E-state index contributed by atoms with van der Waals surface area (Å²) in [4.78, 5) is 19.5. The topological polar surface area (TPSA) is 54.5 Å². The van der Waals surface area contributed by atoms with Gasteiger partial charge in [-0.1, -0.05) is 44.2 Å². The van der Waals surface area contributed by atoms with Crippen molar-refractivity contribution in [2.24, 2.45) is 11.8 Å². The predicted octanol–water partition coefficient (Wildman–Crippen LogP) is 6.97. The van der Waals surface area contributed by atoms with E-state index < -0.39 is 40.8 Å². The van der Waals surface area contributed by atoms with Gasteiger partial charge in [-0.2, -0.15) is 8.78 Å². The maximum atomic E-state index is 14.1. The summed E-state index contributed by atoms with van der Waals surface area (Å²) < 4.78 is 73.6. The molecule has 1 N–H and O–H groups in total. The van der Waals surface area contributed by atoms with Crippen molar-refractivity contribution in [2.45, 2.75) is 46.1 Å². The standard InChI is InChI=1S/C28H30F5N3O2S/c1-16(2)8-11-34-27-26(28(37)38-25-23(32)21(30)20(29)22(31)24(25)33)39-19(35-27)15-36-12-9-18(10-13-36)14-17-6-4-3-5-7-17/h3-7,16,18,34H,8-15H2,1-2H3. The number of rotatable bonds is 10. The molecule has 0 unspecified atom stereocenters. The minimum absolute atomic E-state index is 0.100. The van der Waals surface area contributed by atoms with Crippen molar-refractivity contribution < 1.29 is 31.5 Å². The molecule has 1 fully saturated rings. The lowest BCUT2D eigenvalue weighted by Crippen LogP contribution is -2.33. The molecule has 0 bridgehead atoms. The van der Waals surface area contributed by atoms with Crippen LogP contribution in [0.2, 0.25) is 0 Å². The summed E-state index contributed by atoms with van der Waals surface area (Å²) in [6, 6.07) is 10.3. The number of nitrogens with zero attached hydrogens (tertiary/aromatic N) is 2. The van der Waals surface area contributed by atoms with Crippen LogP contribution in [0.5, 0.6) is 5.75 Å². The molecule has 39 heavy (non-hydrogen) atoms. The second kappa shape index (κ2) is 12.9. The van der Waals surface area contributed by atoms with E-state index in [2.05, 4.69) is 27.3 Å². The Morgan fingerprint density at radius 2 is 1.64 bits per heavy atom. The molecule has 1 aliphatic heterocycles. The van der Waals surface area contributed by atoms with Crippen molar-refractivity contribution in [2.75, 3.05) is 25.0 Å². The number of nitrogens with one attached hydrogen (secondary N) is 1. The molecule has 11 heteroatoms. The zero-order valence-corrected chi connectivity index (χ0v) is 22.5. The van der Waals surface area contributed by atoms with Crippen LogP contribution < -0.4 is 10.1 Å². The number of ether oxygens (including phenoxy) is 1. The van der Waals surface area contributed by atoms with Gasteiger partial charge < -0.3 is 10.1 Å². The molecular weight excluding hydrogens is 537 g/mol. The summed E-state index contributed by atoms with van der Waals surface area (Å²) in [5, 5.41) is 3.63. The number of esters is 1. The van der Waals surface area contributed by atoms with Gasteiger partial charge in [0.25, 0.3) is 0 Å². The average Bonchev–Trinajstić information content (AvgIpc) is 3.32. The molecule has 0 radical (unpaired) electrons. The number of hydrogen-bond acceptors (Lipinski definition) is 6. The molecule has 3 aromatic rings. The molecule has 5 nitrogen and oxygen atoms in total. The SMILES string of the molecule is CC(C)CCNc1nc(CN2CCC(Cc3ccccc3)CC2)sc1C(=O)Oc1c(F)c(F)c(F)c(F)c1F. The van der Waals surface area contributed by atoms with Crippen LogP contribution in [0, 0.1) is 40.9 Å². The quantitative estimate of drug-likeness (QED) is 0.0943. The number of hydrogen-bond donors (Lipinski definition) is 1. The summed E-state index contributed by atoms with van der Waals surface area (Å²) in [6.07, 6.45) is 3.79. The summed E-state index contributed by atoms with van der Waals surface area (Å²) in [5.41, 5.74) is 1.31. The number of likely N-dealkylation sites (tertiary alicyclic amines) is 1. The molecule has 0 spiro atoms. The van der Waals surface area contributed by atoms with Crippen molar-refractivity contribution in [3.05, 3.63) is 74.9 Å². The first kappa shape index (κ1) is 28.9. The molecule has 1 aromatic heterocycles. The average molecular weight is 568 g/mol. The molecule has 2 heterocycles. The highest BCUT2D eigenvalue weighted by molar-refractivity contribution is 7.14. The van der Waals surface area contributed by atoms with E-state index in [1.165, 1.54) is 5.56 Å². The van der Waals surface area contributed by atoms with Crippen molar-refractivity contribution in [3.8, 4) is 5.75 Å². The first-order valence-corrected chi connectivity index (χ1v) is 13.7. The lowest BCUT2D eigenvalue weighted by molar-refractivity contribution is 0.0721. The molecular formula is C28H30F5N3O2S. The minimum Gasteiger partial charge on any atom is -0.416 e. The number of thiazole rings is 1. The normalized spacial score (nSPS) is 14.7. The highest BCUT2D eigenvalue weighted by Crippen LogP contribution is 2.32. The molecule has 0 saturated carbocycles. The van der Waals surface area contributed by atoms with E-state index in [1.54, 1.807) is 0 Å². The Morgan fingerprint density at radius 3 is 2.26 bits per heavy atom. The van der Waals surface area contributed by atoms with Crippen molar-refractivity contribution in [1.29, 1.82) is 0 Å². The first-order chi connectivity index (χ1) is 18.6. The third-order valence-electron chi connectivity index (χ3n) is 6.67. The smallest absolute Gasteiger partial charge is 0.357 e. The van der Waals surface area contributed by atoms with E-state index in [9.17, 15) is 26.7 Å². The van der Waals surface area contributed by atoms with Crippen LogP contribution in [0.4, 0.5) is 27.8 Å². The Kier molecular flexibility index (Phi) is 9.55. The number of piperidine rings is 1. The Morgan fingerprint density at radius 1 is 1.03 bits per heavy atom. The lowest BCUT2D eigenvalue weighted by Gasteiger charge is -2.31. The van der Waals surface area contributed by atoms with Crippen LogP contribution in [0.1, 0.15) is 53.4 Å². The first-order valence-electron chi connectivity index (χ1n) is 12.9. The largest absolute Gasteiger partial charge is 0.416 e. The van der Waals surface area contributed by atoms with Gasteiger partial charge in [-0.15, -0.1) is 11.3 Å². The van der Waals surface area contributed by atoms with Crippen LogP contribution >= 0.6 is 11.3 Å². The second-order valence-electron chi connectivity index (χ2n) is 10.1.